The van der Waals surface area contributed by atoms with E-state index in [1.54, 1.807) is 0 Å². The zero-order valence-corrected chi connectivity index (χ0v) is 25.4. The summed E-state index contributed by atoms with van der Waals surface area (Å²) < 4.78 is 0. The second kappa shape index (κ2) is 26.0. The highest BCUT2D eigenvalue weighted by atomic mass is 15.4. The van der Waals surface area contributed by atoms with Gasteiger partial charge in [-0.2, -0.15) is 0 Å². The van der Waals surface area contributed by atoms with Crippen molar-refractivity contribution in [3.8, 4) is 0 Å². The van der Waals surface area contributed by atoms with Crippen LogP contribution in [0.15, 0.2) is 12.4 Å². The molecule has 0 saturated heterocycles. The van der Waals surface area contributed by atoms with E-state index < -0.39 is 0 Å². The molecule has 1 atom stereocenters. The first-order valence-corrected chi connectivity index (χ1v) is 17.0. The molecule has 0 aromatic carbocycles. The van der Waals surface area contributed by atoms with Crippen LogP contribution >= 0.6 is 0 Å². The summed E-state index contributed by atoms with van der Waals surface area (Å²) in [5, 5.41) is 0. The van der Waals surface area contributed by atoms with Gasteiger partial charge in [0.05, 0.1) is 0 Å². The van der Waals surface area contributed by atoms with E-state index in [0.29, 0.717) is 6.17 Å². The highest BCUT2D eigenvalue weighted by Gasteiger charge is 2.24. The van der Waals surface area contributed by atoms with Gasteiger partial charge in [0.1, 0.15) is 6.17 Å². The summed E-state index contributed by atoms with van der Waals surface area (Å²) in [6.45, 7) is 9.47. The summed E-state index contributed by atoms with van der Waals surface area (Å²) in [6.07, 6.45) is 42.5. The van der Waals surface area contributed by atoms with Crippen molar-refractivity contribution in [2.24, 2.45) is 0 Å². The predicted molar refractivity (Wildman–Crippen MR) is 163 cm³/mol. The van der Waals surface area contributed by atoms with Crippen molar-refractivity contribution in [3.05, 3.63) is 12.4 Å². The smallest absolute Gasteiger partial charge is 0.101 e. The second-order valence-corrected chi connectivity index (χ2v) is 11.8. The van der Waals surface area contributed by atoms with Gasteiger partial charge in [-0.05, 0) is 25.7 Å². The van der Waals surface area contributed by atoms with Crippen molar-refractivity contribution in [1.29, 1.82) is 0 Å². The van der Waals surface area contributed by atoms with Crippen LogP contribution in [0.3, 0.4) is 0 Å². The highest BCUT2D eigenvalue weighted by molar-refractivity contribution is 4.97. The minimum atomic E-state index is 0.642. The van der Waals surface area contributed by atoms with E-state index in [9.17, 15) is 0 Å². The summed E-state index contributed by atoms with van der Waals surface area (Å²) in [4.78, 5) is 5.39. The molecule has 0 amide bonds. The lowest BCUT2D eigenvalue weighted by Crippen LogP contribution is -2.39. The fourth-order valence-corrected chi connectivity index (χ4v) is 5.83. The predicted octanol–water partition coefficient (Wildman–Crippen LogP) is 11.6. The van der Waals surface area contributed by atoms with Gasteiger partial charge in [0.25, 0.3) is 0 Å². The fourth-order valence-electron chi connectivity index (χ4n) is 5.83. The molecule has 0 saturated carbocycles. The van der Waals surface area contributed by atoms with Crippen LogP contribution in [0.4, 0.5) is 0 Å². The molecule has 1 rings (SSSR count). The number of nitrogens with zero attached hydrogens (tertiary/aromatic N) is 2. The molecule has 0 aromatic rings. The molecule has 0 aliphatic carbocycles. The summed E-state index contributed by atoms with van der Waals surface area (Å²) in [7, 11) is 0. The summed E-state index contributed by atoms with van der Waals surface area (Å²) in [6, 6.07) is 0. The van der Waals surface area contributed by atoms with Crippen LogP contribution in [0, 0.1) is 0 Å². The number of unbranched alkanes of at least 4 members (excludes halogenated alkanes) is 22. The minimum absolute atomic E-state index is 0.642. The number of hydrogen-bond donors (Lipinski definition) is 0. The Morgan fingerprint density at radius 1 is 0.361 bits per heavy atom. The molecule has 36 heavy (non-hydrogen) atoms. The molecule has 2 nitrogen and oxygen atoms in total. The first kappa shape index (κ1) is 33.4. The molecule has 0 fully saturated rings. The van der Waals surface area contributed by atoms with E-state index >= 15 is 0 Å². The molecule has 1 heterocycles. The Morgan fingerprint density at radius 3 is 0.972 bits per heavy atom. The van der Waals surface area contributed by atoms with Crippen LogP contribution < -0.4 is 0 Å². The largest absolute Gasteiger partial charge is 0.356 e. The third-order valence-electron chi connectivity index (χ3n) is 8.32. The van der Waals surface area contributed by atoms with Gasteiger partial charge in [0.15, 0.2) is 0 Å². The van der Waals surface area contributed by atoms with E-state index in [2.05, 4.69) is 43.0 Å². The quantitative estimate of drug-likeness (QED) is 0.0977. The van der Waals surface area contributed by atoms with E-state index in [0.717, 1.165) is 0 Å². The summed E-state index contributed by atoms with van der Waals surface area (Å²) in [5.74, 6) is 0. The van der Waals surface area contributed by atoms with E-state index in [1.165, 1.54) is 180 Å². The molecule has 214 valence electrons. The lowest BCUT2D eigenvalue weighted by molar-refractivity contribution is 0.135. The van der Waals surface area contributed by atoms with Crippen molar-refractivity contribution in [2.75, 3.05) is 13.1 Å². The van der Waals surface area contributed by atoms with Gasteiger partial charge >= 0.3 is 0 Å². The van der Waals surface area contributed by atoms with Gasteiger partial charge in [0, 0.05) is 25.5 Å². The molecule has 0 aromatic heterocycles. The van der Waals surface area contributed by atoms with Crippen molar-refractivity contribution in [2.45, 2.75) is 194 Å². The van der Waals surface area contributed by atoms with Crippen LogP contribution in [0.1, 0.15) is 188 Å². The molecule has 1 aliphatic rings. The average Bonchev–Trinajstić information content (AvgIpc) is 3.27. The van der Waals surface area contributed by atoms with Gasteiger partial charge in [0.2, 0.25) is 0 Å². The van der Waals surface area contributed by atoms with Crippen LogP contribution in [0.5, 0.6) is 0 Å². The number of rotatable bonds is 28. The monoisotopic (exact) mass is 505 g/mol. The van der Waals surface area contributed by atoms with Gasteiger partial charge in [-0.1, -0.05) is 162 Å². The zero-order valence-electron chi connectivity index (χ0n) is 25.4. The van der Waals surface area contributed by atoms with Crippen molar-refractivity contribution < 1.29 is 0 Å². The van der Waals surface area contributed by atoms with Crippen LogP contribution in [0.2, 0.25) is 0 Å². The molecule has 2 heteroatoms. The van der Waals surface area contributed by atoms with Gasteiger partial charge in [-0.15, -0.1) is 0 Å². The Labute approximate surface area is 229 Å². The van der Waals surface area contributed by atoms with Gasteiger partial charge in [-0.3, -0.25) is 0 Å². The topological polar surface area (TPSA) is 6.48 Å². The fraction of sp³-hybridized carbons (Fsp3) is 0.941. The molecule has 0 N–H and O–H groups in total. The molecule has 0 bridgehead atoms. The SMILES string of the molecule is CCCCCCCCCCCCCN1C=CN(CCCCCCCCCCC)C1CCCCCCC. The first-order chi connectivity index (χ1) is 17.8. The summed E-state index contributed by atoms with van der Waals surface area (Å²) >= 11 is 0. The molecular weight excluding hydrogens is 436 g/mol. The normalized spacial score (nSPS) is 15.5. The Hall–Kier alpha value is -0.660. The standard InChI is InChI=1S/C34H68N2/c1-4-7-10-13-15-17-18-20-22-25-28-31-36-33-32-35(34(36)29-26-23-12-9-6-3)30-27-24-21-19-16-14-11-8-5-2/h32-34H,4-31H2,1-3H3. The lowest BCUT2D eigenvalue weighted by Gasteiger charge is -2.33. The molecule has 1 aliphatic heterocycles. The molecule has 1 unspecified atom stereocenters. The molecule has 0 radical (unpaired) electrons. The van der Waals surface area contributed by atoms with Gasteiger partial charge in [-0.25, -0.2) is 0 Å². The van der Waals surface area contributed by atoms with E-state index in [-0.39, 0.29) is 0 Å². The Morgan fingerprint density at radius 2 is 0.639 bits per heavy atom. The van der Waals surface area contributed by atoms with Crippen molar-refractivity contribution in [1.82, 2.24) is 9.80 Å². The maximum Gasteiger partial charge on any atom is 0.101 e. The lowest BCUT2D eigenvalue weighted by atomic mass is 10.1. The van der Waals surface area contributed by atoms with Crippen LogP contribution in [-0.2, 0) is 0 Å². The number of hydrogen-bond acceptors (Lipinski definition) is 2. The first-order valence-electron chi connectivity index (χ1n) is 17.0. The second-order valence-electron chi connectivity index (χ2n) is 11.8. The maximum atomic E-state index is 2.70. The van der Waals surface area contributed by atoms with E-state index in [1.807, 2.05) is 0 Å². The van der Waals surface area contributed by atoms with Crippen LogP contribution in [-0.4, -0.2) is 29.1 Å². The van der Waals surface area contributed by atoms with Gasteiger partial charge < -0.3 is 9.80 Å². The Balaban J connectivity index is 2.19. The van der Waals surface area contributed by atoms with Crippen molar-refractivity contribution >= 4 is 0 Å². The average molecular weight is 505 g/mol. The third kappa shape index (κ3) is 18.6. The van der Waals surface area contributed by atoms with Crippen LogP contribution in [0.25, 0.3) is 0 Å². The summed E-state index contributed by atoms with van der Waals surface area (Å²) in [5.41, 5.74) is 0. The Bertz CT molecular complexity index is 460. The highest BCUT2D eigenvalue weighted by Crippen LogP contribution is 2.24. The third-order valence-corrected chi connectivity index (χ3v) is 8.32. The Kier molecular flexibility index (Phi) is 24.1. The zero-order chi connectivity index (χ0) is 25.9. The molecule has 0 spiro atoms. The minimum Gasteiger partial charge on any atom is -0.356 e. The molecular formula is C34H68N2. The van der Waals surface area contributed by atoms with Crippen molar-refractivity contribution in [3.63, 3.8) is 0 Å². The maximum absolute atomic E-state index is 2.70. The van der Waals surface area contributed by atoms with E-state index in [4.69, 9.17) is 0 Å².